The van der Waals surface area contributed by atoms with Gasteiger partial charge in [-0.1, -0.05) is 36.4 Å². The first-order valence-electron chi connectivity index (χ1n) is 13.0. The Morgan fingerprint density at radius 2 is 1.17 bits per heavy atom. The zero-order chi connectivity index (χ0) is 35.2. The Morgan fingerprint density at radius 1 is 0.646 bits per heavy atom. The van der Waals surface area contributed by atoms with Gasteiger partial charge in [0, 0.05) is 16.2 Å². The van der Waals surface area contributed by atoms with Crippen LogP contribution in [0, 0.1) is 0 Å². The van der Waals surface area contributed by atoms with Crippen LogP contribution in [0.3, 0.4) is 0 Å². The molecule has 0 unspecified atom stereocenters. The van der Waals surface area contributed by atoms with Crippen LogP contribution in [-0.4, -0.2) is 59.1 Å². The summed E-state index contributed by atoms with van der Waals surface area (Å²) in [6.07, 6.45) is 0. The van der Waals surface area contributed by atoms with Gasteiger partial charge in [0.2, 0.25) is 0 Å². The Hall–Kier alpha value is -4.28. The van der Waals surface area contributed by atoms with E-state index in [0.717, 1.165) is 5.39 Å². The summed E-state index contributed by atoms with van der Waals surface area (Å²) in [4.78, 5) is 22.2. The maximum Gasteiger partial charge on any atom is 0.415 e. The van der Waals surface area contributed by atoms with Gasteiger partial charge in [-0.15, -0.1) is 0 Å². The third-order valence-electron chi connectivity index (χ3n) is 5.66. The lowest BCUT2D eigenvalue weighted by atomic mass is 10.1. The van der Waals surface area contributed by atoms with Crippen LogP contribution < -0.4 is 20.0 Å². The summed E-state index contributed by atoms with van der Waals surface area (Å²) in [5, 5.41) is 38.2. The van der Waals surface area contributed by atoms with Crippen LogP contribution in [0.4, 0.5) is 17.6 Å². The molecule has 0 fully saturated rings. The summed E-state index contributed by atoms with van der Waals surface area (Å²) in [5.74, 6) is -2.80. The fraction of sp³-hybridized carbons (Fsp3) is 0.214. The highest BCUT2D eigenvalue weighted by Crippen LogP contribution is 2.33. The molecular weight excluding hydrogens is 700 g/mol. The number of alkyl halides is 4. The minimum absolute atomic E-state index is 0.0710. The molecule has 0 amide bonds. The van der Waals surface area contributed by atoms with Gasteiger partial charge in [0.25, 0.3) is 0 Å². The molecule has 2 N–H and O–H groups in total. The van der Waals surface area contributed by atoms with E-state index in [4.69, 9.17) is 9.47 Å². The van der Waals surface area contributed by atoms with Gasteiger partial charge in [0.05, 0.1) is 0 Å². The van der Waals surface area contributed by atoms with E-state index in [0.29, 0.717) is 27.7 Å². The minimum atomic E-state index is -4.09. The number of benzene rings is 4. The van der Waals surface area contributed by atoms with E-state index in [-0.39, 0.29) is 24.7 Å². The molecule has 4 aromatic carbocycles. The normalized spacial score (nSPS) is 11.5. The summed E-state index contributed by atoms with van der Waals surface area (Å²) >= 11 is -1.53. The standard InChI is InChI=1S/2C14H12F2O7S/c15-14(16,24-23-22-19)13(18)21-8-7-20-12-6-2-3-9-10(12)4-1-5-11(9)17;15-14(16,24-23-22-19)13(18)21-7-6-20-10-4-5-11-9(8-10)2-1-3-12(11)17/h1-6,17,19H,7-8H2;1-5,8,17,19H,6-7H2/p-2. The molecule has 0 aliphatic carbocycles. The number of ether oxygens (including phenoxy) is 4. The number of phenols is 2. The van der Waals surface area contributed by atoms with Gasteiger partial charge in [-0.2, -0.15) is 26.2 Å². The molecule has 0 saturated heterocycles. The predicted octanol–water partition coefficient (Wildman–Crippen LogP) is 3.86. The van der Waals surface area contributed by atoms with Crippen molar-refractivity contribution in [2.45, 2.75) is 10.5 Å². The maximum atomic E-state index is 13.1. The van der Waals surface area contributed by atoms with Crippen molar-refractivity contribution in [2.75, 3.05) is 26.4 Å². The van der Waals surface area contributed by atoms with Crippen molar-refractivity contribution < 1.29 is 85.6 Å². The van der Waals surface area contributed by atoms with E-state index in [1.807, 2.05) is 0 Å². The summed E-state index contributed by atoms with van der Waals surface area (Å²) in [7, 11) is 0. The van der Waals surface area contributed by atoms with E-state index in [1.165, 1.54) is 6.07 Å². The minimum Gasteiger partial charge on any atom is -0.691 e. The molecule has 0 bridgehead atoms. The Labute approximate surface area is 275 Å². The van der Waals surface area contributed by atoms with Crippen molar-refractivity contribution in [3.05, 3.63) is 72.8 Å². The smallest absolute Gasteiger partial charge is 0.415 e. The topological polar surface area (TPSA) is 195 Å². The molecule has 260 valence electrons. The number of carbonyl (C=O) groups excluding carboxylic acids is 2. The van der Waals surface area contributed by atoms with Crippen LogP contribution in [0.5, 0.6) is 23.0 Å². The third kappa shape index (κ3) is 11.2. The van der Waals surface area contributed by atoms with Crippen molar-refractivity contribution in [3.63, 3.8) is 0 Å². The van der Waals surface area contributed by atoms with Crippen molar-refractivity contribution in [2.24, 2.45) is 0 Å². The second-order valence-electron chi connectivity index (χ2n) is 8.73. The van der Waals surface area contributed by atoms with Gasteiger partial charge >= 0.3 is 22.4 Å². The highest BCUT2D eigenvalue weighted by atomic mass is 32.2. The van der Waals surface area contributed by atoms with Gasteiger partial charge in [-0.05, 0) is 41.8 Å². The van der Waals surface area contributed by atoms with Crippen LogP contribution >= 0.6 is 24.1 Å². The second kappa shape index (κ2) is 18.3. The molecular formula is C28H22F4O14S2-2. The third-order valence-corrected chi connectivity index (χ3v) is 6.65. The highest BCUT2D eigenvalue weighted by molar-refractivity contribution is 7.96. The van der Waals surface area contributed by atoms with E-state index in [9.17, 15) is 47.9 Å². The Balaban J connectivity index is 0.000000260. The van der Waals surface area contributed by atoms with E-state index < -0.39 is 59.7 Å². The number of hydrogen-bond donors (Lipinski definition) is 2. The van der Waals surface area contributed by atoms with Crippen LogP contribution in [0.1, 0.15) is 0 Å². The number of hydrogen-bond acceptors (Lipinski definition) is 16. The number of fused-ring (bicyclic) bond motifs is 2. The molecule has 14 nitrogen and oxygen atoms in total. The molecule has 0 radical (unpaired) electrons. The molecule has 20 heteroatoms. The molecule has 0 aliphatic heterocycles. The molecule has 0 atom stereocenters. The van der Waals surface area contributed by atoms with Crippen LogP contribution in [0.2, 0.25) is 0 Å². The fourth-order valence-electron chi connectivity index (χ4n) is 3.65. The lowest BCUT2D eigenvalue weighted by Gasteiger charge is -2.14. The van der Waals surface area contributed by atoms with Gasteiger partial charge < -0.3 is 39.7 Å². The lowest BCUT2D eigenvalue weighted by Crippen LogP contribution is -2.29. The molecule has 48 heavy (non-hydrogen) atoms. The monoisotopic (exact) mass is 722 g/mol. The first-order valence-corrected chi connectivity index (χ1v) is 14.4. The van der Waals surface area contributed by atoms with E-state index in [1.54, 1.807) is 66.7 Å². The van der Waals surface area contributed by atoms with Crippen LogP contribution in [0.15, 0.2) is 72.8 Å². The van der Waals surface area contributed by atoms with Crippen LogP contribution in [-0.2, 0) is 37.8 Å². The molecule has 4 rings (SSSR count). The van der Waals surface area contributed by atoms with Crippen molar-refractivity contribution in [1.29, 1.82) is 0 Å². The molecule has 0 saturated carbocycles. The number of carbonyl (C=O) groups is 2. The number of halogens is 4. The lowest BCUT2D eigenvalue weighted by molar-refractivity contribution is -0.777. The Bertz CT molecular complexity index is 1660. The maximum absolute atomic E-state index is 13.1. The first kappa shape index (κ1) is 38.2. The van der Waals surface area contributed by atoms with Crippen LogP contribution in [0.25, 0.3) is 21.5 Å². The van der Waals surface area contributed by atoms with E-state index in [2.05, 4.69) is 28.2 Å². The van der Waals surface area contributed by atoms with Crippen molar-refractivity contribution in [1.82, 2.24) is 0 Å². The molecule has 0 heterocycles. The average molecular weight is 723 g/mol. The van der Waals surface area contributed by atoms with Crippen molar-refractivity contribution in [3.8, 4) is 23.0 Å². The highest BCUT2D eigenvalue weighted by Gasteiger charge is 2.44. The molecule has 0 spiro atoms. The largest absolute Gasteiger partial charge is 0.691 e. The molecule has 4 aromatic rings. The Morgan fingerprint density at radius 3 is 1.77 bits per heavy atom. The first-order chi connectivity index (χ1) is 22.9. The predicted molar refractivity (Wildman–Crippen MR) is 154 cm³/mol. The number of rotatable bonds is 16. The summed E-state index contributed by atoms with van der Waals surface area (Å²) < 4.78 is 78.4. The zero-order valence-electron chi connectivity index (χ0n) is 23.9. The number of aromatic hydroxyl groups is 2. The SMILES string of the molecule is O=C(OCCOc1ccc2c(O)cccc2c1)C(F)(F)SOO[O-].O=C(OCCOc1cccc2c(O)cccc12)C(F)(F)SOO[O-]. The second-order valence-corrected chi connectivity index (χ2v) is 10.4. The van der Waals surface area contributed by atoms with Gasteiger partial charge in [0.1, 0.15) is 73.5 Å². The molecule has 0 aromatic heterocycles. The van der Waals surface area contributed by atoms with Crippen molar-refractivity contribution >= 4 is 57.6 Å². The zero-order valence-corrected chi connectivity index (χ0v) is 25.5. The average Bonchev–Trinajstić information content (AvgIpc) is 3.07. The van der Waals surface area contributed by atoms with Gasteiger partial charge in [-0.25, -0.2) is 9.59 Å². The van der Waals surface area contributed by atoms with Gasteiger partial charge in [0.15, 0.2) is 0 Å². The fourth-order valence-corrected chi connectivity index (χ4v) is 4.13. The van der Waals surface area contributed by atoms with Gasteiger partial charge in [-0.3, -0.25) is 10.1 Å². The summed E-state index contributed by atoms with van der Waals surface area (Å²) in [6.45, 7) is -1.26. The molecule has 0 aliphatic rings. The number of phenolic OH excluding ortho intramolecular Hbond substituents is 2. The Kier molecular flexibility index (Phi) is 14.6. The quantitative estimate of drug-likeness (QED) is 0.0422. The number of esters is 2. The summed E-state index contributed by atoms with van der Waals surface area (Å²) in [5.41, 5.74) is 0. The van der Waals surface area contributed by atoms with E-state index >= 15 is 0 Å². The summed E-state index contributed by atoms with van der Waals surface area (Å²) in [6, 6.07) is 19.6.